The van der Waals surface area contributed by atoms with E-state index in [4.69, 9.17) is 4.74 Å². The Morgan fingerprint density at radius 3 is 2.34 bits per heavy atom. The van der Waals surface area contributed by atoms with Crippen LogP contribution in [0, 0.1) is 40.2 Å². The number of amides is 1. The number of carbonyl (C=O) groups is 2. The lowest BCUT2D eigenvalue weighted by Gasteiger charge is -2.59. The van der Waals surface area contributed by atoms with E-state index in [1.165, 1.54) is 63.6 Å². The van der Waals surface area contributed by atoms with Crippen molar-refractivity contribution in [3.05, 3.63) is 39.4 Å². The molecule has 0 aliphatic heterocycles. The molecule has 4 saturated carbocycles. The minimum Gasteiger partial charge on any atom is -0.452 e. The summed E-state index contributed by atoms with van der Waals surface area (Å²) in [4.78, 5) is 35.3. The molecule has 7 nitrogen and oxygen atoms in total. The summed E-state index contributed by atoms with van der Waals surface area (Å²) in [6, 6.07) is 4.31. The molecule has 0 aromatic heterocycles. The van der Waals surface area contributed by atoms with Gasteiger partial charge >= 0.3 is 5.97 Å². The number of benzene rings is 1. The molecule has 0 radical (unpaired) electrons. The second-order valence-corrected chi connectivity index (χ2v) is 9.35. The van der Waals surface area contributed by atoms with Gasteiger partial charge in [0.25, 0.3) is 11.6 Å². The van der Waals surface area contributed by atoms with E-state index in [2.05, 4.69) is 12.2 Å². The van der Waals surface area contributed by atoms with Crippen LogP contribution >= 0.6 is 0 Å². The highest BCUT2D eigenvalue weighted by atomic mass is 16.6. The van der Waals surface area contributed by atoms with E-state index in [-0.39, 0.29) is 40.8 Å². The number of nitro benzene ring substituents is 1. The molecule has 0 spiro atoms. The van der Waals surface area contributed by atoms with E-state index in [9.17, 15) is 19.7 Å². The summed E-state index contributed by atoms with van der Waals surface area (Å²) < 4.78 is 5.15. The van der Waals surface area contributed by atoms with Crippen molar-refractivity contribution in [2.75, 3.05) is 6.61 Å². The van der Waals surface area contributed by atoms with Gasteiger partial charge < -0.3 is 10.1 Å². The molecular weight excluding hydrogens is 372 g/mol. The van der Waals surface area contributed by atoms with Gasteiger partial charge in [-0.25, -0.2) is 4.79 Å². The normalized spacial score (nSPS) is 30.6. The summed E-state index contributed by atoms with van der Waals surface area (Å²) in [7, 11) is 0. The molecule has 4 fully saturated rings. The number of esters is 1. The first-order valence-electron chi connectivity index (χ1n) is 10.5. The maximum absolute atomic E-state index is 12.4. The minimum absolute atomic E-state index is 0.0571. The molecule has 1 amide bonds. The highest BCUT2D eigenvalue weighted by Crippen LogP contribution is 2.61. The lowest BCUT2D eigenvalue weighted by molar-refractivity contribution is -0.385. The number of carbonyl (C=O) groups excluding carboxylic acids is 2. The molecule has 1 aromatic carbocycles. The van der Waals surface area contributed by atoms with Gasteiger partial charge in [0, 0.05) is 17.7 Å². The Morgan fingerprint density at radius 2 is 1.79 bits per heavy atom. The van der Waals surface area contributed by atoms with Crippen LogP contribution in [-0.2, 0) is 9.53 Å². The van der Waals surface area contributed by atoms with Crippen LogP contribution in [0.15, 0.2) is 18.2 Å². The zero-order valence-electron chi connectivity index (χ0n) is 17.0. The molecule has 156 valence electrons. The Kier molecular flexibility index (Phi) is 5.09. The van der Waals surface area contributed by atoms with E-state index in [0.717, 1.165) is 17.8 Å². The fourth-order valence-electron chi connectivity index (χ4n) is 6.40. The van der Waals surface area contributed by atoms with Gasteiger partial charge in [0.15, 0.2) is 6.61 Å². The van der Waals surface area contributed by atoms with Crippen LogP contribution in [0.3, 0.4) is 0 Å². The summed E-state index contributed by atoms with van der Waals surface area (Å²) in [5.41, 5.74) is 0.399. The third-order valence-electron chi connectivity index (χ3n) is 7.44. The van der Waals surface area contributed by atoms with Gasteiger partial charge in [-0.1, -0.05) is 6.07 Å². The first-order valence-corrected chi connectivity index (χ1v) is 10.5. The molecule has 0 heterocycles. The van der Waals surface area contributed by atoms with Gasteiger partial charge in [-0.15, -0.1) is 0 Å². The Bertz CT molecular complexity index is 814. The quantitative estimate of drug-likeness (QED) is 0.445. The third-order valence-corrected chi connectivity index (χ3v) is 7.44. The largest absolute Gasteiger partial charge is 0.452 e. The Morgan fingerprint density at radius 1 is 1.21 bits per heavy atom. The van der Waals surface area contributed by atoms with Gasteiger partial charge in [0.1, 0.15) is 0 Å². The van der Waals surface area contributed by atoms with E-state index in [1.807, 2.05) is 0 Å². The number of nitrogens with zero attached hydrogens (tertiary/aromatic N) is 1. The summed E-state index contributed by atoms with van der Waals surface area (Å²) in [6.07, 6.45) is 7.60. The number of nitrogens with one attached hydrogen (secondary N) is 1. The van der Waals surface area contributed by atoms with Crippen molar-refractivity contribution < 1.29 is 19.2 Å². The van der Waals surface area contributed by atoms with Crippen molar-refractivity contribution in [2.24, 2.45) is 23.2 Å². The molecule has 0 saturated heterocycles. The molecule has 0 unspecified atom stereocenters. The van der Waals surface area contributed by atoms with E-state index in [1.54, 1.807) is 0 Å². The molecule has 1 atom stereocenters. The van der Waals surface area contributed by atoms with Crippen LogP contribution in [0.2, 0.25) is 0 Å². The molecular formula is C22H28N2O5. The van der Waals surface area contributed by atoms with Gasteiger partial charge in [-0.05, 0) is 81.6 Å². The number of hydrogen-bond acceptors (Lipinski definition) is 5. The van der Waals surface area contributed by atoms with Crippen molar-refractivity contribution in [3.63, 3.8) is 0 Å². The molecule has 29 heavy (non-hydrogen) atoms. The molecule has 4 bridgehead atoms. The number of ether oxygens (including phenoxy) is 1. The van der Waals surface area contributed by atoms with Gasteiger partial charge in [0.05, 0.1) is 10.5 Å². The van der Waals surface area contributed by atoms with Crippen LogP contribution in [0.5, 0.6) is 0 Å². The van der Waals surface area contributed by atoms with Crippen molar-refractivity contribution in [2.45, 2.75) is 58.4 Å². The van der Waals surface area contributed by atoms with Crippen molar-refractivity contribution in [1.82, 2.24) is 5.32 Å². The topological polar surface area (TPSA) is 98.5 Å². The minimum atomic E-state index is -0.719. The lowest BCUT2D eigenvalue weighted by atomic mass is 9.48. The smallest absolute Gasteiger partial charge is 0.339 e. The first kappa shape index (κ1) is 19.9. The molecule has 1 aromatic rings. The summed E-state index contributed by atoms with van der Waals surface area (Å²) in [5.74, 6) is 1.37. The van der Waals surface area contributed by atoms with Crippen LogP contribution in [-0.4, -0.2) is 29.4 Å². The lowest BCUT2D eigenvalue weighted by Crippen LogP contribution is -2.56. The summed E-state index contributed by atoms with van der Waals surface area (Å²) in [5, 5.41) is 14.1. The Labute approximate surface area is 170 Å². The van der Waals surface area contributed by atoms with E-state index < -0.39 is 10.9 Å². The Balaban J connectivity index is 1.34. The monoisotopic (exact) mass is 400 g/mol. The molecule has 4 aliphatic rings. The van der Waals surface area contributed by atoms with Crippen LogP contribution in [0.25, 0.3) is 0 Å². The summed E-state index contributed by atoms with van der Waals surface area (Å²) >= 11 is 0. The zero-order valence-corrected chi connectivity index (χ0v) is 17.0. The maximum atomic E-state index is 12.4. The highest BCUT2D eigenvalue weighted by Gasteiger charge is 2.53. The van der Waals surface area contributed by atoms with E-state index in [0.29, 0.717) is 0 Å². The second kappa shape index (κ2) is 7.43. The molecule has 5 rings (SSSR count). The van der Waals surface area contributed by atoms with Crippen molar-refractivity contribution >= 4 is 17.6 Å². The summed E-state index contributed by atoms with van der Waals surface area (Å²) in [6.45, 7) is 3.21. The Hall–Kier alpha value is -2.44. The third kappa shape index (κ3) is 3.74. The van der Waals surface area contributed by atoms with Crippen LogP contribution < -0.4 is 5.32 Å². The number of rotatable bonds is 6. The SMILES string of the molecule is Cc1c(C(=O)OCC(=O)N[C@@H](C)C23CC4CC(CC(C4)C2)C3)cccc1[N+](=O)[O-]. The van der Waals surface area contributed by atoms with Crippen LogP contribution in [0.4, 0.5) is 5.69 Å². The fraction of sp³-hybridized carbons (Fsp3) is 0.636. The highest BCUT2D eigenvalue weighted by molar-refractivity contribution is 5.93. The van der Waals surface area contributed by atoms with Gasteiger partial charge in [-0.3, -0.25) is 14.9 Å². The maximum Gasteiger partial charge on any atom is 0.339 e. The average Bonchev–Trinajstić information content (AvgIpc) is 2.65. The average molecular weight is 400 g/mol. The van der Waals surface area contributed by atoms with Gasteiger partial charge in [-0.2, -0.15) is 0 Å². The number of hydrogen-bond donors (Lipinski definition) is 1. The number of nitro groups is 1. The zero-order chi connectivity index (χ0) is 20.8. The van der Waals surface area contributed by atoms with Crippen molar-refractivity contribution in [1.29, 1.82) is 0 Å². The molecule has 7 heteroatoms. The second-order valence-electron chi connectivity index (χ2n) is 9.35. The van der Waals surface area contributed by atoms with Crippen molar-refractivity contribution in [3.8, 4) is 0 Å². The predicted molar refractivity (Wildman–Crippen MR) is 106 cm³/mol. The predicted octanol–water partition coefficient (Wildman–Crippen LogP) is 3.78. The van der Waals surface area contributed by atoms with E-state index >= 15 is 0 Å². The fourth-order valence-corrected chi connectivity index (χ4v) is 6.40. The standard InChI is InChI=1S/C22H28N2O5/c1-13-18(4-3-5-19(13)24(27)28)21(26)29-12-20(25)23-14(2)22-9-15-6-16(10-22)8-17(7-15)11-22/h3-5,14-17H,6-12H2,1-2H3,(H,23,25)/t14-,15?,16?,17?,22?/m0/s1. The first-order chi connectivity index (χ1) is 13.8. The van der Waals surface area contributed by atoms with Crippen LogP contribution in [0.1, 0.15) is 61.4 Å². The van der Waals surface area contributed by atoms with Gasteiger partial charge in [0.2, 0.25) is 0 Å². The molecule has 4 aliphatic carbocycles. The molecule has 1 N–H and O–H groups in total.